The van der Waals surface area contributed by atoms with Gasteiger partial charge in [-0.1, -0.05) is 31.6 Å². The highest BCUT2D eigenvalue weighted by atomic mass is 16.2. The molecule has 2 N–H and O–H groups in total. The Kier molecular flexibility index (Phi) is 5.14. The predicted octanol–water partition coefficient (Wildman–Crippen LogP) is 2.34. The first-order chi connectivity index (χ1) is 11.3. The number of ketones is 1. The molecule has 0 aliphatic heterocycles. The van der Waals surface area contributed by atoms with Crippen LogP contribution >= 0.6 is 0 Å². The molecule has 2 rings (SSSR count). The monoisotopic (exact) mass is 325 g/mol. The third-order valence-corrected chi connectivity index (χ3v) is 3.84. The maximum absolute atomic E-state index is 12.9. The lowest BCUT2D eigenvalue weighted by Gasteiger charge is -2.19. The first-order valence-electron chi connectivity index (χ1n) is 7.69. The average molecular weight is 325 g/mol. The molecule has 1 atom stereocenters. The highest BCUT2D eigenvalue weighted by Gasteiger charge is 2.26. The molecule has 0 amide bonds. The van der Waals surface area contributed by atoms with Crippen LogP contribution in [0.15, 0.2) is 45.0 Å². The second-order valence-electron chi connectivity index (χ2n) is 6.12. The van der Waals surface area contributed by atoms with E-state index in [0.29, 0.717) is 6.42 Å². The molecule has 0 spiro atoms. The van der Waals surface area contributed by atoms with Crippen molar-refractivity contribution in [3.63, 3.8) is 0 Å². The summed E-state index contributed by atoms with van der Waals surface area (Å²) in [5.41, 5.74) is 0.884. The number of aromatic nitrogens is 2. The normalized spacial score (nSPS) is 17.5. The van der Waals surface area contributed by atoms with Gasteiger partial charge in [-0.25, -0.2) is 4.79 Å². The van der Waals surface area contributed by atoms with Gasteiger partial charge in [-0.3, -0.25) is 14.6 Å². The minimum absolute atomic E-state index is 0.0679. The van der Waals surface area contributed by atoms with Crippen LogP contribution in [0.1, 0.15) is 49.2 Å². The van der Waals surface area contributed by atoms with Gasteiger partial charge in [0.05, 0.1) is 11.8 Å². The second kappa shape index (κ2) is 7.09. The molecule has 1 aromatic heterocycles. The number of nitriles is 1. The fourth-order valence-corrected chi connectivity index (χ4v) is 2.89. The van der Waals surface area contributed by atoms with Gasteiger partial charge < -0.3 is 4.98 Å². The maximum atomic E-state index is 12.9. The van der Waals surface area contributed by atoms with Crippen LogP contribution in [-0.4, -0.2) is 15.8 Å². The zero-order valence-electron chi connectivity index (χ0n) is 13.8. The minimum atomic E-state index is -0.690. The molecule has 1 heterocycles. The Labute approximate surface area is 139 Å². The van der Waals surface area contributed by atoms with E-state index >= 15 is 0 Å². The Hall–Kier alpha value is -2.94. The minimum Gasteiger partial charge on any atom is -0.304 e. The summed E-state index contributed by atoms with van der Waals surface area (Å²) < 4.78 is 0. The molecule has 0 bridgehead atoms. The highest BCUT2D eigenvalue weighted by Crippen LogP contribution is 2.27. The van der Waals surface area contributed by atoms with Crippen molar-refractivity contribution in [2.45, 2.75) is 33.1 Å². The highest BCUT2D eigenvalue weighted by molar-refractivity contribution is 5.99. The molecule has 6 heteroatoms. The number of Topliss-reactive ketones (excluding diaryl/α,β-unsaturated/α-hetero) is 1. The zero-order valence-corrected chi connectivity index (χ0v) is 13.8. The molecule has 6 nitrogen and oxygen atoms in total. The van der Waals surface area contributed by atoms with Crippen LogP contribution in [0.3, 0.4) is 0 Å². The van der Waals surface area contributed by atoms with E-state index < -0.39 is 17.2 Å². The number of nitrogens with one attached hydrogen (secondary N) is 2. The first-order valence-corrected chi connectivity index (χ1v) is 7.69. The number of H-pyrrole nitrogens is 2. The Balaban J connectivity index is 2.46. The zero-order chi connectivity index (χ0) is 17.9. The number of carbonyl (C=O) groups is 1. The molecule has 1 unspecified atom stereocenters. The van der Waals surface area contributed by atoms with Gasteiger partial charge in [0, 0.05) is 17.6 Å². The van der Waals surface area contributed by atoms with Crippen molar-refractivity contribution in [2.75, 3.05) is 0 Å². The summed E-state index contributed by atoms with van der Waals surface area (Å²) in [6.45, 7) is 5.45. The molecule has 1 aliphatic rings. The van der Waals surface area contributed by atoms with Crippen LogP contribution in [0.4, 0.5) is 0 Å². The van der Waals surface area contributed by atoms with Crippen LogP contribution in [0.5, 0.6) is 0 Å². The summed E-state index contributed by atoms with van der Waals surface area (Å²) in [4.78, 5) is 41.2. The lowest BCUT2D eigenvalue weighted by atomic mass is 9.85. The van der Waals surface area contributed by atoms with Crippen LogP contribution in [0.2, 0.25) is 0 Å². The Morgan fingerprint density at radius 2 is 2.08 bits per heavy atom. The summed E-state index contributed by atoms with van der Waals surface area (Å²) >= 11 is 0. The predicted molar refractivity (Wildman–Crippen MR) is 90.8 cm³/mol. The number of hydrogen-bond donors (Lipinski definition) is 2. The van der Waals surface area contributed by atoms with Crippen molar-refractivity contribution in [3.8, 4) is 6.07 Å². The second-order valence-corrected chi connectivity index (χ2v) is 6.12. The van der Waals surface area contributed by atoms with Crippen LogP contribution in [-0.2, 0) is 0 Å². The van der Waals surface area contributed by atoms with Gasteiger partial charge in [0.2, 0.25) is 0 Å². The molecule has 0 saturated heterocycles. The Bertz CT molecular complexity index is 905. The standard InChI is InChI=1S/C18H19N3O3/c1-10(2)14-15(20-18(24)21-17(14)23)16(22)13-8-11(3)7-12(9-13)5-4-6-19/h4-5,7-8,10,13H,9H2,1-3H3,(H2,20,21,23,24)/b5-4+. The van der Waals surface area contributed by atoms with Crippen molar-refractivity contribution >= 4 is 5.78 Å². The largest absolute Gasteiger partial charge is 0.326 e. The molecule has 0 aromatic carbocycles. The molecule has 0 saturated carbocycles. The lowest BCUT2D eigenvalue weighted by Crippen LogP contribution is -2.32. The smallest absolute Gasteiger partial charge is 0.304 e. The van der Waals surface area contributed by atoms with Gasteiger partial charge in [0.1, 0.15) is 0 Å². The summed E-state index contributed by atoms with van der Waals surface area (Å²) in [6.07, 6.45) is 7.17. The number of aromatic amines is 2. The third-order valence-electron chi connectivity index (χ3n) is 3.84. The topological polar surface area (TPSA) is 107 Å². The fraction of sp³-hybridized carbons (Fsp3) is 0.333. The van der Waals surface area contributed by atoms with E-state index in [1.54, 1.807) is 19.9 Å². The quantitative estimate of drug-likeness (QED) is 0.654. The van der Waals surface area contributed by atoms with Gasteiger partial charge in [-0.15, -0.1) is 0 Å². The summed E-state index contributed by atoms with van der Waals surface area (Å²) in [7, 11) is 0. The molecule has 124 valence electrons. The Morgan fingerprint density at radius 1 is 1.38 bits per heavy atom. The van der Waals surface area contributed by atoms with Gasteiger partial charge >= 0.3 is 5.69 Å². The first kappa shape index (κ1) is 17.4. The number of rotatable bonds is 4. The Morgan fingerprint density at radius 3 is 2.71 bits per heavy atom. The summed E-state index contributed by atoms with van der Waals surface area (Å²) in [5, 5.41) is 8.65. The number of hydrogen-bond acceptors (Lipinski definition) is 4. The number of allylic oxidation sites excluding steroid dienone is 6. The fourth-order valence-electron chi connectivity index (χ4n) is 2.89. The van der Waals surface area contributed by atoms with E-state index in [0.717, 1.165) is 11.1 Å². The van der Waals surface area contributed by atoms with E-state index in [9.17, 15) is 14.4 Å². The van der Waals surface area contributed by atoms with Gasteiger partial charge in [0.15, 0.2) is 5.78 Å². The van der Waals surface area contributed by atoms with E-state index in [1.807, 2.05) is 25.1 Å². The van der Waals surface area contributed by atoms with Gasteiger partial charge in [-0.2, -0.15) is 5.26 Å². The number of nitrogens with zero attached hydrogens (tertiary/aromatic N) is 1. The van der Waals surface area contributed by atoms with Crippen LogP contribution in [0.25, 0.3) is 0 Å². The van der Waals surface area contributed by atoms with E-state index in [4.69, 9.17) is 5.26 Å². The van der Waals surface area contributed by atoms with Gasteiger partial charge in [0.25, 0.3) is 5.56 Å². The van der Waals surface area contributed by atoms with Gasteiger partial charge in [-0.05, 0) is 30.9 Å². The lowest BCUT2D eigenvalue weighted by molar-refractivity contribution is 0.0936. The van der Waals surface area contributed by atoms with E-state index in [2.05, 4.69) is 9.97 Å². The summed E-state index contributed by atoms with van der Waals surface area (Å²) in [6, 6.07) is 1.93. The van der Waals surface area contributed by atoms with Crippen LogP contribution < -0.4 is 11.2 Å². The van der Waals surface area contributed by atoms with E-state index in [1.165, 1.54) is 6.08 Å². The number of carbonyl (C=O) groups excluding carboxylic acids is 1. The SMILES string of the molecule is CC1=CC(C(=O)c2[nH]c(=O)[nH]c(=O)c2C(C)C)CC(/C=C/C#N)=C1. The molecule has 0 fully saturated rings. The summed E-state index contributed by atoms with van der Waals surface area (Å²) in [5.74, 6) is -0.979. The molecule has 1 aromatic rings. The molecule has 1 aliphatic carbocycles. The average Bonchev–Trinajstić information content (AvgIpc) is 2.50. The molecule has 0 radical (unpaired) electrons. The molecular weight excluding hydrogens is 306 g/mol. The van der Waals surface area contributed by atoms with Crippen molar-refractivity contribution in [1.82, 2.24) is 9.97 Å². The van der Waals surface area contributed by atoms with Crippen molar-refractivity contribution in [3.05, 3.63) is 67.5 Å². The molecule has 24 heavy (non-hydrogen) atoms. The van der Waals surface area contributed by atoms with Crippen molar-refractivity contribution in [1.29, 1.82) is 5.26 Å². The third kappa shape index (κ3) is 3.69. The van der Waals surface area contributed by atoms with Crippen LogP contribution in [0, 0.1) is 17.2 Å². The van der Waals surface area contributed by atoms with Crippen molar-refractivity contribution < 1.29 is 4.79 Å². The van der Waals surface area contributed by atoms with Crippen molar-refractivity contribution in [2.24, 2.45) is 5.92 Å². The maximum Gasteiger partial charge on any atom is 0.326 e. The van der Waals surface area contributed by atoms with E-state index in [-0.39, 0.29) is 23.0 Å². The molecular formula is C18H19N3O3.